The smallest absolute Gasteiger partial charge is 0.161 e. The maximum atomic E-state index is 13.5. The number of halogens is 2. The summed E-state index contributed by atoms with van der Waals surface area (Å²) >= 11 is 0. The Balaban J connectivity index is 2.20. The maximum absolute atomic E-state index is 13.5. The first-order valence-electron chi connectivity index (χ1n) is 6.44. The van der Waals surface area contributed by atoms with Gasteiger partial charge in [-0.2, -0.15) is 0 Å². The van der Waals surface area contributed by atoms with Crippen molar-refractivity contribution in [1.29, 1.82) is 0 Å². The topological polar surface area (TPSA) is 38.7 Å². The van der Waals surface area contributed by atoms with Crippen LogP contribution in [-0.2, 0) is 6.61 Å². The molecule has 5 heteroatoms. The Morgan fingerprint density at radius 1 is 1.10 bits per heavy atom. The molecule has 0 saturated heterocycles. The summed E-state index contributed by atoms with van der Waals surface area (Å²) in [6, 6.07) is 8.54. The second-order valence-electron chi connectivity index (χ2n) is 4.58. The van der Waals surface area contributed by atoms with Crippen LogP contribution in [-0.4, -0.2) is 12.2 Å². The van der Waals surface area contributed by atoms with Crippen LogP contribution in [0.1, 0.15) is 24.2 Å². The second kappa shape index (κ2) is 6.54. The van der Waals surface area contributed by atoms with Gasteiger partial charge in [0.15, 0.2) is 11.5 Å². The Bertz CT molecular complexity index is 607. The molecule has 0 bridgehead atoms. The van der Waals surface area contributed by atoms with E-state index in [1.54, 1.807) is 25.1 Å². The van der Waals surface area contributed by atoms with Gasteiger partial charge < -0.3 is 14.6 Å². The maximum Gasteiger partial charge on any atom is 0.161 e. The van der Waals surface area contributed by atoms with Gasteiger partial charge in [0.2, 0.25) is 0 Å². The lowest BCUT2D eigenvalue weighted by molar-refractivity contribution is 0.198. The molecule has 112 valence electrons. The molecular formula is C16H16F2O3. The average Bonchev–Trinajstić information content (AvgIpc) is 2.46. The Labute approximate surface area is 121 Å². The molecule has 21 heavy (non-hydrogen) atoms. The lowest BCUT2D eigenvalue weighted by Gasteiger charge is -2.14. The van der Waals surface area contributed by atoms with Gasteiger partial charge in [-0.3, -0.25) is 0 Å². The summed E-state index contributed by atoms with van der Waals surface area (Å²) in [6.45, 7) is 1.38. The summed E-state index contributed by atoms with van der Waals surface area (Å²) in [7, 11) is 1.46. The predicted molar refractivity (Wildman–Crippen MR) is 74.3 cm³/mol. The highest BCUT2D eigenvalue weighted by atomic mass is 19.1. The van der Waals surface area contributed by atoms with Crippen LogP contribution in [0.5, 0.6) is 11.5 Å². The molecule has 1 atom stereocenters. The third-order valence-electron chi connectivity index (χ3n) is 3.10. The van der Waals surface area contributed by atoms with Crippen LogP contribution >= 0.6 is 0 Å². The van der Waals surface area contributed by atoms with Gasteiger partial charge in [0.1, 0.15) is 18.2 Å². The first kappa shape index (κ1) is 15.3. The molecule has 0 aliphatic rings. The fraction of sp³-hybridized carbons (Fsp3) is 0.250. The van der Waals surface area contributed by atoms with Crippen molar-refractivity contribution in [2.75, 3.05) is 7.11 Å². The number of aliphatic hydroxyl groups excluding tert-OH is 1. The Hall–Kier alpha value is -2.14. The van der Waals surface area contributed by atoms with Crippen molar-refractivity contribution in [3.63, 3.8) is 0 Å². The highest BCUT2D eigenvalue weighted by Gasteiger charge is 2.12. The molecule has 0 aliphatic carbocycles. The first-order valence-corrected chi connectivity index (χ1v) is 6.44. The molecule has 0 aromatic heterocycles. The SMILES string of the molecule is COc1cc([C@H](C)O)ccc1OCc1c(F)cccc1F. The monoisotopic (exact) mass is 294 g/mol. The van der Waals surface area contributed by atoms with E-state index in [9.17, 15) is 13.9 Å². The summed E-state index contributed by atoms with van der Waals surface area (Å²) in [6.07, 6.45) is -0.642. The molecule has 0 amide bonds. The van der Waals surface area contributed by atoms with E-state index in [1.807, 2.05) is 0 Å². The van der Waals surface area contributed by atoms with Crippen molar-refractivity contribution in [1.82, 2.24) is 0 Å². The predicted octanol–water partition coefficient (Wildman–Crippen LogP) is 3.61. The zero-order valence-corrected chi connectivity index (χ0v) is 11.8. The van der Waals surface area contributed by atoms with Gasteiger partial charge in [0, 0.05) is 0 Å². The average molecular weight is 294 g/mol. The van der Waals surface area contributed by atoms with Crippen LogP contribution < -0.4 is 9.47 Å². The Kier molecular flexibility index (Phi) is 4.75. The van der Waals surface area contributed by atoms with Gasteiger partial charge in [-0.05, 0) is 36.8 Å². The third kappa shape index (κ3) is 3.49. The molecule has 2 aromatic carbocycles. The van der Waals surface area contributed by atoms with Crippen molar-refractivity contribution in [2.45, 2.75) is 19.6 Å². The van der Waals surface area contributed by atoms with Crippen molar-refractivity contribution in [2.24, 2.45) is 0 Å². The fourth-order valence-electron chi connectivity index (χ4n) is 1.88. The van der Waals surface area contributed by atoms with Crippen molar-refractivity contribution in [3.05, 3.63) is 59.2 Å². The van der Waals surface area contributed by atoms with Crippen molar-refractivity contribution < 1.29 is 23.4 Å². The molecule has 1 N–H and O–H groups in total. The number of methoxy groups -OCH3 is 1. The van der Waals surface area contributed by atoms with Crippen LogP contribution in [0.2, 0.25) is 0 Å². The molecule has 0 aliphatic heterocycles. The van der Waals surface area contributed by atoms with E-state index >= 15 is 0 Å². The number of benzene rings is 2. The van der Waals surface area contributed by atoms with E-state index in [1.165, 1.54) is 25.3 Å². The normalized spacial score (nSPS) is 12.0. The van der Waals surface area contributed by atoms with Gasteiger partial charge in [-0.25, -0.2) is 8.78 Å². The Morgan fingerprint density at radius 3 is 2.33 bits per heavy atom. The minimum absolute atomic E-state index is 0.140. The molecule has 0 saturated carbocycles. The minimum atomic E-state index is -0.658. The van der Waals surface area contributed by atoms with Crippen LogP contribution in [0, 0.1) is 11.6 Å². The highest BCUT2D eigenvalue weighted by Crippen LogP contribution is 2.31. The zero-order valence-electron chi connectivity index (χ0n) is 11.8. The molecule has 3 nitrogen and oxygen atoms in total. The van der Waals surface area contributed by atoms with Crippen LogP contribution in [0.3, 0.4) is 0 Å². The number of hydrogen-bond acceptors (Lipinski definition) is 3. The van der Waals surface area contributed by atoms with E-state index in [4.69, 9.17) is 9.47 Å². The molecule has 0 spiro atoms. The molecule has 0 heterocycles. The zero-order chi connectivity index (χ0) is 15.4. The summed E-state index contributed by atoms with van der Waals surface area (Å²) in [5.74, 6) is -0.571. The molecule has 0 fully saturated rings. The van der Waals surface area contributed by atoms with Crippen molar-refractivity contribution >= 4 is 0 Å². The molecule has 0 unspecified atom stereocenters. The summed E-state index contributed by atoms with van der Waals surface area (Å²) in [4.78, 5) is 0. The summed E-state index contributed by atoms with van der Waals surface area (Å²) < 4.78 is 37.6. The first-order chi connectivity index (χ1) is 10.0. The molecular weight excluding hydrogens is 278 g/mol. The Morgan fingerprint density at radius 2 is 1.76 bits per heavy atom. The van der Waals surface area contributed by atoms with Gasteiger partial charge in [0.25, 0.3) is 0 Å². The summed E-state index contributed by atoms with van der Waals surface area (Å²) in [5, 5.41) is 9.52. The van der Waals surface area contributed by atoms with Gasteiger partial charge in [0.05, 0.1) is 18.8 Å². The van der Waals surface area contributed by atoms with Gasteiger partial charge in [-0.15, -0.1) is 0 Å². The van der Waals surface area contributed by atoms with Crippen LogP contribution in [0.4, 0.5) is 8.78 Å². The van der Waals surface area contributed by atoms with Gasteiger partial charge in [-0.1, -0.05) is 12.1 Å². The van der Waals surface area contributed by atoms with E-state index in [0.29, 0.717) is 17.1 Å². The number of ether oxygens (including phenoxy) is 2. The van der Waals surface area contributed by atoms with Crippen LogP contribution in [0.25, 0.3) is 0 Å². The quantitative estimate of drug-likeness (QED) is 0.915. The highest BCUT2D eigenvalue weighted by molar-refractivity contribution is 5.43. The molecule has 2 aromatic rings. The largest absolute Gasteiger partial charge is 0.493 e. The lowest BCUT2D eigenvalue weighted by Crippen LogP contribution is -2.03. The lowest BCUT2D eigenvalue weighted by atomic mass is 10.1. The number of aliphatic hydroxyl groups is 1. The van der Waals surface area contributed by atoms with Gasteiger partial charge >= 0.3 is 0 Å². The molecule has 2 rings (SSSR count). The fourth-order valence-corrected chi connectivity index (χ4v) is 1.88. The standard InChI is InChI=1S/C16H16F2O3/c1-10(19)11-6-7-15(16(8-11)20-2)21-9-12-13(17)4-3-5-14(12)18/h3-8,10,19H,9H2,1-2H3/t10-/m0/s1. The van der Waals surface area contributed by atoms with Crippen molar-refractivity contribution in [3.8, 4) is 11.5 Å². The molecule has 0 radical (unpaired) electrons. The van der Waals surface area contributed by atoms with E-state index in [0.717, 1.165) is 0 Å². The summed E-state index contributed by atoms with van der Waals surface area (Å²) in [5.41, 5.74) is 0.524. The van der Waals surface area contributed by atoms with E-state index in [2.05, 4.69) is 0 Å². The van der Waals surface area contributed by atoms with Crippen LogP contribution in [0.15, 0.2) is 36.4 Å². The van der Waals surface area contributed by atoms with E-state index in [-0.39, 0.29) is 12.2 Å². The van der Waals surface area contributed by atoms with E-state index < -0.39 is 17.7 Å². The minimum Gasteiger partial charge on any atom is -0.493 e. The third-order valence-corrected chi connectivity index (χ3v) is 3.10. The second-order valence-corrected chi connectivity index (χ2v) is 4.58. The number of rotatable bonds is 5. The number of hydrogen-bond donors (Lipinski definition) is 1.